The summed E-state index contributed by atoms with van der Waals surface area (Å²) < 4.78 is 20.6. The molecule has 4 nitrogen and oxygen atoms in total. The molecule has 1 rings (SSSR count). The van der Waals surface area contributed by atoms with E-state index < -0.39 is 22.2 Å². The molecule has 0 bridgehead atoms. The highest BCUT2D eigenvalue weighted by Gasteiger charge is 2.14. The predicted molar refractivity (Wildman–Crippen MR) is 52.0 cm³/mol. The number of carbonyl (C=O) groups is 1. The Bertz CT molecular complexity index is 339. The van der Waals surface area contributed by atoms with E-state index in [1.807, 2.05) is 6.07 Å². The fourth-order valence-electron chi connectivity index (χ4n) is 1.07. The summed E-state index contributed by atoms with van der Waals surface area (Å²) in [5, 5.41) is -0.950. The van der Waals surface area contributed by atoms with Crippen molar-refractivity contribution in [3.05, 3.63) is 35.9 Å². The first-order valence-corrected chi connectivity index (χ1v) is 5.11. The summed E-state index contributed by atoms with van der Waals surface area (Å²) in [7, 11) is 0. The molecule has 2 N–H and O–H groups in total. The third-order valence-corrected chi connectivity index (χ3v) is 2.40. The molecule has 1 unspecified atom stereocenters. The Kier molecular flexibility index (Phi) is 3.94. The van der Waals surface area contributed by atoms with Crippen LogP contribution in [0.25, 0.3) is 0 Å². The summed E-state index contributed by atoms with van der Waals surface area (Å²) in [6.07, 6.45) is 0.244. The number of benzene rings is 1. The Balaban J connectivity index is 2.62. The molecule has 0 aliphatic rings. The zero-order valence-electron chi connectivity index (χ0n) is 7.38. The third kappa shape index (κ3) is 3.02. The molecule has 0 radical (unpaired) electrons. The molecular formula is C9H10NO3S-. The lowest BCUT2D eigenvalue weighted by Crippen LogP contribution is -2.35. The van der Waals surface area contributed by atoms with E-state index in [0.717, 1.165) is 5.56 Å². The van der Waals surface area contributed by atoms with Crippen molar-refractivity contribution in [1.29, 1.82) is 0 Å². The summed E-state index contributed by atoms with van der Waals surface area (Å²) in [4.78, 5) is 10.9. The summed E-state index contributed by atoms with van der Waals surface area (Å²) >= 11 is -2.73. The smallest absolute Gasteiger partial charge is 0.222 e. The fraction of sp³-hybridized carbons (Fsp3) is 0.222. The maximum atomic E-state index is 10.9. The minimum atomic E-state index is -2.73. The summed E-state index contributed by atoms with van der Waals surface area (Å²) in [5.74, 6) is 0. The van der Waals surface area contributed by atoms with Crippen LogP contribution >= 0.6 is 0 Å². The van der Waals surface area contributed by atoms with Gasteiger partial charge >= 0.3 is 0 Å². The van der Waals surface area contributed by atoms with E-state index in [4.69, 9.17) is 5.73 Å². The SMILES string of the molecule is N[C@@H](Cc1ccccc1)C(=O)S(=O)[O-]. The van der Waals surface area contributed by atoms with Crippen molar-refractivity contribution in [2.24, 2.45) is 5.73 Å². The first-order chi connectivity index (χ1) is 6.61. The van der Waals surface area contributed by atoms with Gasteiger partial charge in [-0.25, -0.2) is 0 Å². The van der Waals surface area contributed by atoms with Crippen LogP contribution in [0.3, 0.4) is 0 Å². The first kappa shape index (κ1) is 11.0. The van der Waals surface area contributed by atoms with Gasteiger partial charge in [0.1, 0.15) is 0 Å². The molecule has 0 aliphatic carbocycles. The average Bonchev–Trinajstić information content (AvgIpc) is 2.18. The summed E-state index contributed by atoms with van der Waals surface area (Å²) in [5.41, 5.74) is 6.25. The number of rotatable bonds is 3. The van der Waals surface area contributed by atoms with E-state index in [2.05, 4.69) is 0 Å². The third-order valence-electron chi connectivity index (χ3n) is 1.77. The standard InChI is InChI=1S/C9H11NO3S/c10-8(9(11)14(12)13)6-7-4-2-1-3-5-7/h1-5,8H,6,10H2,(H,12,13)/p-1/t8-/m0/s1. The van der Waals surface area contributed by atoms with Crippen LogP contribution in [0.15, 0.2) is 30.3 Å². The van der Waals surface area contributed by atoms with Crippen LogP contribution in [-0.4, -0.2) is 19.9 Å². The molecular weight excluding hydrogens is 202 g/mol. The van der Waals surface area contributed by atoms with Crippen molar-refractivity contribution < 1.29 is 13.6 Å². The second kappa shape index (κ2) is 4.99. The van der Waals surface area contributed by atoms with Crippen LogP contribution in [0.5, 0.6) is 0 Å². The molecule has 0 aromatic heterocycles. The largest absolute Gasteiger partial charge is 0.766 e. The van der Waals surface area contributed by atoms with E-state index >= 15 is 0 Å². The topological polar surface area (TPSA) is 83.2 Å². The predicted octanol–water partition coefficient (Wildman–Crippen LogP) is -0.0379. The molecule has 14 heavy (non-hydrogen) atoms. The molecule has 2 atom stereocenters. The van der Waals surface area contributed by atoms with Crippen LogP contribution < -0.4 is 5.73 Å². The van der Waals surface area contributed by atoms with Crippen molar-refractivity contribution in [2.75, 3.05) is 0 Å². The minimum Gasteiger partial charge on any atom is -0.766 e. The molecule has 0 fully saturated rings. The van der Waals surface area contributed by atoms with Crippen LogP contribution in [-0.2, 0) is 22.3 Å². The van der Waals surface area contributed by atoms with Gasteiger partial charge in [0, 0.05) is 11.1 Å². The second-order valence-electron chi connectivity index (χ2n) is 2.85. The summed E-state index contributed by atoms with van der Waals surface area (Å²) in [6, 6.07) is 8.06. The van der Waals surface area contributed by atoms with E-state index in [1.54, 1.807) is 24.3 Å². The second-order valence-corrected chi connectivity index (χ2v) is 3.72. The molecule has 0 heterocycles. The van der Waals surface area contributed by atoms with Gasteiger partial charge in [0.25, 0.3) is 0 Å². The Morgan fingerprint density at radius 2 is 2.00 bits per heavy atom. The van der Waals surface area contributed by atoms with Crippen LogP contribution in [0.4, 0.5) is 0 Å². The lowest BCUT2D eigenvalue weighted by Gasteiger charge is -2.11. The zero-order valence-corrected chi connectivity index (χ0v) is 8.20. The zero-order chi connectivity index (χ0) is 10.6. The van der Waals surface area contributed by atoms with Crippen molar-refractivity contribution in [1.82, 2.24) is 0 Å². The first-order valence-electron chi connectivity index (χ1n) is 4.04. The lowest BCUT2D eigenvalue weighted by atomic mass is 10.1. The molecule has 0 saturated heterocycles. The van der Waals surface area contributed by atoms with Crippen molar-refractivity contribution in [2.45, 2.75) is 12.5 Å². The van der Waals surface area contributed by atoms with E-state index in [9.17, 15) is 13.6 Å². The number of hydrogen-bond donors (Lipinski definition) is 1. The highest BCUT2D eigenvalue weighted by molar-refractivity contribution is 7.95. The van der Waals surface area contributed by atoms with Gasteiger partial charge in [-0.1, -0.05) is 30.3 Å². The highest BCUT2D eigenvalue weighted by Crippen LogP contribution is 2.02. The fourth-order valence-corrected chi connectivity index (χ4v) is 1.41. The van der Waals surface area contributed by atoms with Crippen molar-refractivity contribution in [3.8, 4) is 0 Å². The molecule has 0 amide bonds. The number of carbonyl (C=O) groups excluding carboxylic acids is 1. The molecule has 76 valence electrons. The van der Waals surface area contributed by atoms with E-state index in [1.165, 1.54) is 0 Å². The van der Waals surface area contributed by atoms with Crippen LogP contribution in [0.1, 0.15) is 5.56 Å². The number of hydrogen-bond acceptors (Lipinski definition) is 4. The Morgan fingerprint density at radius 3 is 2.50 bits per heavy atom. The van der Waals surface area contributed by atoms with Gasteiger partial charge in [-0.2, -0.15) is 0 Å². The molecule has 5 heteroatoms. The van der Waals surface area contributed by atoms with Crippen LogP contribution in [0, 0.1) is 0 Å². The summed E-state index contributed by atoms with van der Waals surface area (Å²) in [6.45, 7) is 0. The minimum absolute atomic E-state index is 0.244. The Morgan fingerprint density at radius 1 is 1.43 bits per heavy atom. The van der Waals surface area contributed by atoms with E-state index in [-0.39, 0.29) is 6.42 Å². The average molecular weight is 212 g/mol. The Labute approximate surface area is 84.4 Å². The molecule has 0 saturated carbocycles. The normalized spacial score (nSPS) is 14.7. The molecule has 1 aromatic rings. The van der Waals surface area contributed by atoms with Crippen molar-refractivity contribution in [3.63, 3.8) is 0 Å². The molecule has 0 aliphatic heterocycles. The highest BCUT2D eigenvalue weighted by atomic mass is 32.2. The van der Waals surface area contributed by atoms with Crippen LogP contribution in [0.2, 0.25) is 0 Å². The van der Waals surface area contributed by atoms with E-state index in [0.29, 0.717) is 0 Å². The van der Waals surface area contributed by atoms with Crippen molar-refractivity contribution >= 4 is 16.2 Å². The monoisotopic (exact) mass is 212 g/mol. The molecule has 1 aromatic carbocycles. The van der Waals surface area contributed by atoms with Gasteiger partial charge in [-0.3, -0.25) is 9.00 Å². The van der Waals surface area contributed by atoms with Gasteiger partial charge < -0.3 is 10.3 Å². The Hall–Kier alpha value is -1.04. The number of nitrogens with two attached hydrogens (primary N) is 1. The quantitative estimate of drug-likeness (QED) is 0.713. The van der Waals surface area contributed by atoms with Gasteiger partial charge in [0.2, 0.25) is 5.12 Å². The van der Waals surface area contributed by atoms with Gasteiger partial charge in [-0.15, -0.1) is 0 Å². The van der Waals surface area contributed by atoms with Gasteiger partial charge in [-0.05, 0) is 12.0 Å². The molecule has 0 spiro atoms. The van der Waals surface area contributed by atoms with Gasteiger partial charge in [0.15, 0.2) is 0 Å². The lowest BCUT2D eigenvalue weighted by molar-refractivity contribution is -0.113. The van der Waals surface area contributed by atoms with Gasteiger partial charge in [0.05, 0.1) is 6.04 Å². The maximum absolute atomic E-state index is 10.9. The maximum Gasteiger partial charge on any atom is 0.222 e.